The van der Waals surface area contributed by atoms with Gasteiger partial charge in [-0.3, -0.25) is 14.8 Å². The van der Waals surface area contributed by atoms with Gasteiger partial charge in [-0.15, -0.1) is 0 Å². The van der Waals surface area contributed by atoms with E-state index in [-0.39, 0.29) is 0 Å². The predicted octanol–water partition coefficient (Wildman–Crippen LogP) is 2.58. The molecule has 0 amide bonds. The fourth-order valence-electron chi connectivity index (χ4n) is 3.11. The van der Waals surface area contributed by atoms with Crippen LogP contribution in [0.5, 0.6) is 0 Å². The largest absolute Gasteiger partial charge is 0.380 e. The minimum absolute atomic E-state index is 0.446. The highest BCUT2D eigenvalue weighted by Gasteiger charge is 2.28. The maximum absolute atomic E-state index is 5.51. The van der Waals surface area contributed by atoms with Gasteiger partial charge in [0.15, 0.2) is 0 Å². The first-order chi connectivity index (χ1) is 10.3. The summed E-state index contributed by atoms with van der Waals surface area (Å²) in [5.74, 6) is 0. The Bertz CT molecular complexity index is 398. The minimum atomic E-state index is 0.446. The second-order valence-corrected chi connectivity index (χ2v) is 5.75. The molecule has 0 aliphatic carbocycles. The van der Waals surface area contributed by atoms with E-state index < -0.39 is 0 Å². The van der Waals surface area contributed by atoms with Crippen molar-refractivity contribution in [3.05, 3.63) is 30.1 Å². The van der Waals surface area contributed by atoms with Crippen molar-refractivity contribution in [2.24, 2.45) is 0 Å². The van der Waals surface area contributed by atoms with Gasteiger partial charge in [0.2, 0.25) is 0 Å². The fourth-order valence-corrected chi connectivity index (χ4v) is 3.11. The number of aromatic nitrogens is 1. The zero-order valence-corrected chi connectivity index (χ0v) is 13.7. The Balaban J connectivity index is 1.91. The van der Waals surface area contributed by atoms with Gasteiger partial charge >= 0.3 is 0 Å². The smallest absolute Gasteiger partial charge is 0.0593 e. The number of ether oxygens (including phenoxy) is 1. The topological polar surface area (TPSA) is 28.6 Å². The molecule has 1 aromatic heterocycles. The van der Waals surface area contributed by atoms with Gasteiger partial charge in [0.25, 0.3) is 0 Å². The normalized spacial score (nSPS) is 22.3. The summed E-state index contributed by atoms with van der Waals surface area (Å²) in [6.45, 7) is 12.8. The van der Waals surface area contributed by atoms with Crippen LogP contribution in [-0.4, -0.2) is 60.2 Å². The van der Waals surface area contributed by atoms with E-state index in [1.807, 2.05) is 18.5 Å². The molecule has 0 aromatic carbocycles. The number of hydrogen-bond donors (Lipinski definition) is 0. The summed E-state index contributed by atoms with van der Waals surface area (Å²) >= 11 is 0. The van der Waals surface area contributed by atoms with E-state index in [4.69, 9.17) is 4.74 Å². The first kappa shape index (κ1) is 16.4. The van der Waals surface area contributed by atoms with Crippen molar-refractivity contribution < 1.29 is 4.74 Å². The molecule has 2 atom stereocenters. The average molecular weight is 291 g/mol. The summed E-state index contributed by atoms with van der Waals surface area (Å²) in [6.07, 6.45) is 5.03. The monoisotopic (exact) mass is 291 g/mol. The van der Waals surface area contributed by atoms with Gasteiger partial charge < -0.3 is 4.74 Å². The Labute approximate surface area is 129 Å². The summed E-state index contributed by atoms with van der Waals surface area (Å²) in [7, 11) is 0. The molecule has 0 spiro atoms. The summed E-state index contributed by atoms with van der Waals surface area (Å²) in [5.41, 5.74) is 1.31. The molecule has 1 saturated heterocycles. The zero-order valence-electron chi connectivity index (χ0n) is 13.7. The first-order valence-corrected chi connectivity index (χ1v) is 8.22. The maximum atomic E-state index is 5.51. The maximum Gasteiger partial charge on any atom is 0.0593 e. The fraction of sp³-hybridized carbons (Fsp3) is 0.706. The van der Waals surface area contributed by atoms with Crippen LogP contribution in [0.2, 0.25) is 0 Å². The van der Waals surface area contributed by atoms with Crippen molar-refractivity contribution >= 4 is 0 Å². The van der Waals surface area contributed by atoms with Gasteiger partial charge in [0.05, 0.1) is 6.61 Å². The number of nitrogens with zero attached hydrogens (tertiary/aromatic N) is 3. The lowest BCUT2D eigenvalue weighted by Gasteiger charge is -2.43. The molecule has 2 rings (SSSR count). The highest BCUT2D eigenvalue weighted by atomic mass is 16.5. The van der Waals surface area contributed by atoms with Crippen LogP contribution in [0, 0.1) is 0 Å². The van der Waals surface area contributed by atoms with E-state index in [2.05, 4.69) is 41.6 Å². The Morgan fingerprint density at radius 2 is 2.24 bits per heavy atom. The number of hydrogen-bond acceptors (Lipinski definition) is 4. The van der Waals surface area contributed by atoms with Crippen molar-refractivity contribution in [2.75, 3.05) is 39.4 Å². The van der Waals surface area contributed by atoms with E-state index in [0.29, 0.717) is 12.1 Å². The summed E-state index contributed by atoms with van der Waals surface area (Å²) in [6, 6.07) is 5.29. The first-order valence-electron chi connectivity index (χ1n) is 8.22. The van der Waals surface area contributed by atoms with Crippen LogP contribution < -0.4 is 0 Å². The van der Waals surface area contributed by atoms with E-state index in [1.54, 1.807) is 0 Å². The van der Waals surface area contributed by atoms with Gasteiger partial charge in [-0.2, -0.15) is 0 Å². The van der Waals surface area contributed by atoms with Gasteiger partial charge in [-0.05, 0) is 31.9 Å². The molecule has 1 aliphatic rings. The zero-order chi connectivity index (χ0) is 15.1. The second kappa shape index (κ2) is 8.47. The van der Waals surface area contributed by atoms with Crippen LogP contribution in [-0.2, 0) is 4.74 Å². The number of pyridine rings is 1. The molecule has 0 N–H and O–H groups in total. The molecule has 0 saturated carbocycles. The standard InChI is InChI=1S/C17H29N3O/c1-4-17-14-20(10-9-19(17)11-12-21-5-2)15(3)16-7-6-8-18-13-16/h6-8,13,15,17H,4-5,9-12,14H2,1-3H3/t15-,17+/m1/s1. The van der Waals surface area contributed by atoms with Gasteiger partial charge in [0, 0.05) is 57.3 Å². The second-order valence-electron chi connectivity index (χ2n) is 5.75. The lowest BCUT2D eigenvalue weighted by molar-refractivity contribution is 0.0270. The molecule has 1 aliphatic heterocycles. The Kier molecular flexibility index (Phi) is 6.61. The van der Waals surface area contributed by atoms with Crippen LogP contribution >= 0.6 is 0 Å². The van der Waals surface area contributed by atoms with Crippen molar-refractivity contribution in [3.63, 3.8) is 0 Å². The summed E-state index contributed by atoms with van der Waals surface area (Å²) in [5, 5.41) is 0. The van der Waals surface area contributed by atoms with Gasteiger partial charge in [-0.25, -0.2) is 0 Å². The average Bonchev–Trinajstić information content (AvgIpc) is 2.55. The summed E-state index contributed by atoms with van der Waals surface area (Å²) < 4.78 is 5.51. The third-order valence-electron chi connectivity index (χ3n) is 4.55. The molecule has 4 nitrogen and oxygen atoms in total. The lowest BCUT2D eigenvalue weighted by atomic mass is 10.0. The Morgan fingerprint density at radius 1 is 1.38 bits per heavy atom. The van der Waals surface area contributed by atoms with Crippen LogP contribution in [0.3, 0.4) is 0 Å². The van der Waals surface area contributed by atoms with Crippen molar-refractivity contribution in [1.82, 2.24) is 14.8 Å². The van der Waals surface area contributed by atoms with Gasteiger partial charge in [0.1, 0.15) is 0 Å². The SMILES string of the molecule is CCOCCN1CCN([C@H](C)c2cccnc2)C[C@@H]1CC. The highest BCUT2D eigenvalue weighted by molar-refractivity contribution is 5.13. The molecular weight excluding hydrogens is 262 g/mol. The molecule has 0 radical (unpaired) electrons. The lowest BCUT2D eigenvalue weighted by Crippen LogP contribution is -2.54. The van der Waals surface area contributed by atoms with Gasteiger partial charge in [-0.1, -0.05) is 13.0 Å². The van der Waals surface area contributed by atoms with Crippen LogP contribution in [0.15, 0.2) is 24.5 Å². The van der Waals surface area contributed by atoms with E-state index in [1.165, 1.54) is 12.0 Å². The molecule has 0 bridgehead atoms. The predicted molar refractivity (Wildman–Crippen MR) is 86.4 cm³/mol. The van der Waals surface area contributed by atoms with Crippen LogP contribution in [0.4, 0.5) is 0 Å². The van der Waals surface area contributed by atoms with Crippen molar-refractivity contribution in [2.45, 2.75) is 39.3 Å². The summed E-state index contributed by atoms with van der Waals surface area (Å²) in [4.78, 5) is 9.42. The van der Waals surface area contributed by atoms with Crippen LogP contribution in [0.25, 0.3) is 0 Å². The Morgan fingerprint density at radius 3 is 2.90 bits per heavy atom. The minimum Gasteiger partial charge on any atom is -0.380 e. The highest BCUT2D eigenvalue weighted by Crippen LogP contribution is 2.23. The van der Waals surface area contributed by atoms with Crippen LogP contribution in [0.1, 0.15) is 38.8 Å². The Hall–Kier alpha value is -0.970. The van der Waals surface area contributed by atoms with E-state index in [9.17, 15) is 0 Å². The van der Waals surface area contributed by atoms with E-state index in [0.717, 1.165) is 39.4 Å². The molecule has 1 aromatic rings. The molecule has 4 heteroatoms. The molecule has 1 fully saturated rings. The molecule has 118 valence electrons. The van der Waals surface area contributed by atoms with E-state index >= 15 is 0 Å². The van der Waals surface area contributed by atoms with Crippen molar-refractivity contribution in [1.29, 1.82) is 0 Å². The molecule has 0 unspecified atom stereocenters. The number of rotatable bonds is 7. The third-order valence-corrected chi connectivity index (χ3v) is 4.55. The number of piperazine rings is 1. The third kappa shape index (κ3) is 4.50. The molecule has 21 heavy (non-hydrogen) atoms. The quantitative estimate of drug-likeness (QED) is 0.722. The molecule has 2 heterocycles. The van der Waals surface area contributed by atoms with Crippen molar-refractivity contribution in [3.8, 4) is 0 Å². The molecular formula is C17H29N3O.